The molecule has 3 nitrogen and oxygen atoms in total. The molecular formula is C24H18N2O. The van der Waals surface area contributed by atoms with Crippen molar-refractivity contribution >= 4 is 33.2 Å². The predicted octanol–water partition coefficient (Wildman–Crippen LogP) is 5.49. The Bertz CT molecular complexity index is 1360. The van der Waals surface area contributed by atoms with E-state index in [1.165, 1.54) is 0 Å². The van der Waals surface area contributed by atoms with Gasteiger partial charge in [-0.3, -0.25) is 9.20 Å². The van der Waals surface area contributed by atoms with Crippen LogP contribution in [-0.4, -0.2) is 15.2 Å². The number of fused-ring (bicyclic) bond motifs is 5. The number of benzene rings is 3. The van der Waals surface area contributed by atoms with Crippen molar-refractivity contribution in [3.63, 3.8) is 0 Å². The second kappa shape index (κ2) is 5.78. The van der Waals surface area contributed by atoms with Crippen molar-refractivity contribution in [1.29, 1.82) is 0 Å². The first-order valence-electron chi connectivity index (χ1n) is 9.03. The Morgan fingerprint density at radius 2 is 1.67 bits per heavy atom. The number of nitrogens with zero attached hydrogens (tertiary/aromatic N) is 2. The topological polar surface area (TPSA) is 34.4 Å². The molecular weight excluding hydrogens is 332 g/mol. The minimum atomic E-state index is 0.0411. The van der Waals surface area contributed by atoms with E-state index in [1.807, 2.05) is 67.6 Å². The van der Waals surface area contributed by atoms with Crippen LogP contribution in [0.25, 0.3) is 27.5 Å². The average Bonchev–Trinajstić information content (AvgIpc) is 3.05. The van der Waals surface area contributed by atoms with Gasteiger partial charge in [0.2, 0.25) is 0 Å². The van der Waals surface area contributed by atoms with Crippen LogP contribution in [0.2, 0.25) is 0 Å². The molecule has 3 heteroatoms. The van der Waals surface area contributed by atoms with Crippen molar-refractivity contribution in [3.05, 3.63) is 95.2 Å². The lowest BCUT2D eigenvalue weighted by atomic mass is 9.95. The fourth-order valence-electron chi connectivity index (χ4n) is 3.77. The number of carbonyl (C=O) groups excluding carboxylic acids is 1. The first kappa shape index (κ1) is 15.8. The Morgan fingerprint density at radius 3 is 2.48 bits per heavy atom. The first-order valence-corrected chi connectivity index (χ1v) is 9.03. The summed E-state index contributed by atoms with van der Waals surface area (Å²) in [5.41, 5.74) is 6.44. The van der Waals surface area contributed by atoms with Crippen LogP contribution in [-0.2, 0) is 0 Å². The maximum atomic E-state index is 13.4. The Balaban J connectivity index is 1.89. The Morgan fingerprint density at radius 1 is 0.852 bits per heavy atom. The molecule has 27 heavy (non-hydrogen) atoms. The molecule has 0 bridgehead atoms. The number of aromatic nitrogens is 2. The molecule has 0 saturated carbocycles. The van der Waals surface area contributed by atoms with E-state index in [2.05, 4.69) is 23.6 Å². The molecule has 5 rings (SSSR count). The van der Waals surface area contributed by atoms with Crippen molar-refractivity contribution in [2.75, 3.05) is 0 Å². The van der Waals surface area contributed by atoms with E-state index in [0.29, 0.717) is 11.1 Å². The summed E-state index contributed by atoms with van der Waals surface area (Å²) in [6.07, 6.45) is 2.07. The smallest absolute Gasteiger partial charge is 0.193 e. The fourth-order valence-corrected chi connectivity index (χ4v) is 3.77. The Labute approximate surface area is 156 Å². The van der Waals surface area contributed by atoms with Crippen LogP contribution in [0, 0.1) is 13.8 Å². The molecule has 130 valence electrons. The van der Waals surface area contributed by atoms with Gasteiger partial charge in [-0.2, -0.15) is 0 Å². The summed E-state index contributed by atoms with van der Waals surface area (Å²) >= 11 is 0. The number of pyridine rings is 1. The third-order valence-electron chi connectivity index (χ3n) is 5.08. The molecule has 0 atom stereocenters. The molecule has 0 unspecified atom stereocenters. The molecule has 0 fully saturated rings. The van der Waals surface area contributed by atoms with Gasteiger partial charge in [0.15, 0.2) is 5.78 Å². The van der Waals surface area contributed by atoms with Gasteiger partial charge in [0.1, 0.15) is 5.65 Å². The van der Waals surface area contributed by atoms with Crippen LogP contribution in [0.5, 0.6) is 0 Å². The van der Waals surface area contributed by atoms with Gasteiger partial charge in [-0.1, -0.05) is 54.1 Å². The van der Waals surface area contributed by atoms with Gasteiger partial charge in [-0.15, -0.1) is 0 Å². The van der Waals surface area contributed by atoms with Gasteiger partial charge in [0.05, 0.1) is 11.0 Å². The predicted molar refractivity (Wildman–Crippen MR) is 110 cm³/mol. The highest BCUT2D eigenvalue weighted by molar-refractivity contribution is 6.21. The fraction of sp³-hybridized carbons (Fsp3) is 0.0833. The van der Waals surface area contributed by atoms with Crippen molar-refractivity contribution in [1.82, 2.24) is 9.38 Å². The van der Waals surface area contributed by atoms with Crippen molar-refractivity contribution in [2.24, 2.45) is 0 Å². The second-order valence-electron chi connectivity index (χ2n) is 7.08. The molecule has 0 aliphatic rings. The summed E-state index contributed by atoms with van der Waals surface area (Å²) in [4.78, 5) is 18.2. The van der Waals surface area contributed by atoms with Gasteiger partial charge >= 0.3 is 0 Å². The highest BCUT2D eigenvalue weighted by atomic mass is 16.1. The van der Waals surface area contributed by atoms with Gasteiger partial charge < -0.3 is 0 Å². The molecule has 3 aromatic carbocycles. The lowest BCUT2D eigenvalue weighted by molar-refractivity contribution is 0.104. The molecule has 2 heterocycles. The van der Waals surface area contributed by atoms with Gasteiger partial charge in [-0.05, 0) is 43.0 Å². The highest BCUT2D eigenvalue weighted by Gasteiger charge is 2.17. The number of aryl methyl sites for hydroxylation is 2. The van der Waals surface area contributed by atoms with Crippen LogP contribution in [0.15, 0.2) is 72.9 Å². The number of imidazole rings is 1. The van der Waals surface area contributed by atoms with E-state index in [0.717, 1.165) is 38.6 Å². The number of hydrogen-bond acceptors (Lipinski definition) is 2. The van der Waals surface area contributed by atoms with E-state index < -0.39 is 0 Å². The van der Waals surface area contributed by atoms with Crippen LogP contribution < -0.4 is 0 Å². The van der Waals surface area contributed by atoms with Crippen LogP contribution >= 0.6 is 0 Å². The summed E-state index contributed by atoms with van der Waals surface area (Å²) in [7, 11) is 0. The Hall–Kier alpha value is -3.46. The zero-order valence-corrected chi connectivity index (χ0v) is 15.2. The van der Waals surface area contributed by atoms with Gasteiger partial charge in [-0.25, -0.2) is 4.98 Å². The van der Waals surface area contributed by atoms with Crippen molar-refractivity contribution < 1.29 is 4.79 Å². The number of rotatable bonds is 2. The summed E-state index contributed by atoms with van der Waals surface area (Å²) < 4.78 is 2.07. The van der Waals surface area contributed by atoms with Crippen LogP contribution in [0.4, 0.5) is 0 Å². The second-order valence-corrected chi connectivity index (χ2v) is 7.08. The summed E-state index contributed by atoms with van der Waals surface area (Å²) in [6, 6.07) is 21.9. The van der Waals surface area contributed by atoms with E-state index in [1.54, 1.807) is 0 Å². The number of hydrogen-bond donors (Lipinski definition) is 0. The van der Waals surface area contributed by atoms with Crippen molar-refractivity contribution in [2.45, 2.75) is 13.8 Å². The van der Waals surface area contributed by atoms with Crippen LogP contribution in [0.3, 0.4) is 0 Å². The minimum Gasteiger partial charge on any atom is -0.299 e. The first-order chi connectivity index (χ1) is 13.1. The average molecular weight is 350 g/mol. The molecule has 5 aromatic rings. The number of ketones is 1. The van der Waals surface area contributed by atoms with Gasteiger partial charge in [0, 0.05) is 22.7 Å². The van der Waals surface area contributed by atoms with E-state index in [-0.39, 0.29) is 5.78 Å². The summed E-state index contributed by atoms with van der Waals surface area (Å²) in [6.45, 7) is 4.07. The quantitative estimate of drug-likeness (QED) is 0.395. The van der Waals surface area contributed by atoms with E-state index in [4.69, 9.17) is 4.98 Å². The third-order valence-corrected chi connectivity index (χ3v) is 5.08. The highest BCUT2D eigenvalue weighted by Crippen LogP contribution is 2.31. The lowest BCUT2D eigenvalue weighted by Crippen LogP contribution is -2.03. The summed E-state index contributed by atoms with van der Waals surface area (Å²) in [5, 5.41) is 1.95. The SMILES string of the molecule is Cc1cccc(C(=O)c2cc3c(nc4ccc(C)cn43)c3ccccc23)c1. The van der Waals surface area contributed by atoms with E-state index >= 15 is 0 Å². The Kier molecular flexibility index (Phi) is 3.37. The maximum absolute atomic E-state index is 13.4. The number of carbonyl (C=O) groups is 1. The molecule has 0 aliphatic heterocycles. The monoisotopic (exact) mass is 350 g/mol. The largest absolute Gasteiger partial charge is 0.299 e. The molecule has 0 amide bonds. The lowest BCUT2D eigenvalue weighted by Gasteiger charge is -2.08. The zero-order chi connectivity index (χ0) is 18.5. The van der Waals surface area contributed by atoms with Crippen molar-refractivity contribution in [3.8, 4) is 0 Å². The molecule has 0 radical (unpaired) electrons. The van der Waals surface area contributed by atoms with Gasteiger partial charge in [0.25, 0.3) is 0 Å². The van der Waals surface area contributed by atoms with Crippen LogP contribution in [0.1, 0.15) is 27.0 Å². The zero-order valence-electron chi connectivity index (χ0n) is 15.2. The molecule has 0 aliphatic carbocycles. The standard InChI is InChI=1S/C24H18N2O/c1-15-6-5-7-17(12-15)24(27)20-13-21-23(19-9-4-3-8-18(19)20)25-22-11-10-16(2)14-26(21)22/h3-14H,1-2H3. The molecule has 0 N–H and O–H groups in total. The molecule has 2 aromatic heterocycles. The normalized spacial score (nSPS) is 11.5. The van der Waals surface area contributed by atoms with E-state index in [9.17, 15) is 4.79 Å². The third kappa shape index (κ3) is 2.43. The summed E-state index contributed by atoms with van der Waals surface area (Å²) in [5.74, 6) is 0.0411. The molecule has 0 spiro atoms. The maximum Gasteiger partial charge on any atom is 0.193 e. The molecule has 0 saturated heterocycles. The minimum absolute atomic E-state index is 0.0411.